The normalized spacial score (nSPS) is 26.7. The number of likely N-dealkylation sites (N-methyl/N-ethyl adjacent to an activating group) is 6. The number of hydrogen-bond acceptors (Lipinski definition) is 11. The number of halogens is 4. The first kappa shape index (κ1) is 72.7. The second-order valence-electron chi connectivity index (χ2n) is 25.7. The van der Waals surface area contributed by atoms with Crippen molar-refractivity contribution < 1.29 is 65.9 Å². The summed E-state index contributed by atoms with van der Waals surface area (Å²) in [5.41, 5.74) is -0.756. The smallest absolute Gasteiger partial charge is 0.351 e. The van der Waals surface area contributed by atoms with Gasteiger partial charge in [0.05, 0.1) is 23.7 Å². The molecule has 9 atom stereocenters. The highest BCUT2D eigenvalue weighted by Gasteiger charge is 2.50. The van der Waals surface area contributed by atoms with Crippen LogP contribution in [0, 0.1) is 18.8 Å². The zero-order chi connectivity index (χ0) is 67.6. The van der Waals surface area contributed by atoms with Gasteiger partial charge < -0.3 is 55.6 Å². The van der Waals surface area contributed by atoms with E-state index in [2.05, 4.69) is 21.3 Å². The van der Waals surface area contributed by atoms with Crippen molar-refractivity contribution in [2.24, 2.45) is 11.8 Å². The van der Waals surface area contributed by atoms with Gasteiger partial charge in [0.15, 0.2) is 0 Å². The van der Waals surface area contributed by atoms with Gasteiger partial charge in [-0.3, -0.25) is 52.7 Å². The van der Waals surface area contributed by atoms with Crippen molar-refractivity contribution in [2.75, 3.05) is 61.9 Å². The maximum absolute atomic E-state index is 15.2. The molecule has 6 rings (SSSR count). The zero-order valence-electron chi connectivity index (χ0n) is 54.7. The van der Waals surface area contributed by atoms with E-state index in [9.17, 15) is 56.3 Å². The quantitative estimate of drug-likeness (QED) is 0.283. The highest BCUT2D eigenvalue weighted by molar-refractivity contribution is 6.31. The van der Waals surface area contributed by atoms with Crippen LogP contribution >= 0.6 is 11.6 Å². The number of hydrogen-bond donors (Lipinski definition) is 4. The molecule has 0 radical (unpaired) electrons. The zero-order valence-corrected chi connectivity index (χ0v) is 55.4. The van der Waals surface area contributed by atoms with Crippen LogP contribution in [0.1, 0.15) is 140 Å². The van der Waals surface area contributed by atoms with E-state index in [0.717, 1.165) is 45.2 Å². The highest BCUT2D eigenvalue weighted by Crippen LogP contribution is 2.38. The Morgan fingerprint density at radius 1 is 0.648 bits per heavy atom. The van der Waals surface area contributed by atoms with Gasteiger partial charge in [-0.15, -0.1) is 0 Å². The predicted octanol–water partition coefficient (Wildman–Crippen LogP) is 4.64. The van der Waals surface area contributed by atoms with E-state index in [1.54, 1.807) is 26.0 Å². The number of nitrogens with one attached hydrogen (secondary N) is 4. The molecule has 4 N–H and O–H groups in total. The third kappa shape index (κ3) is 17.8. The van der Waals surface area contributed by atoms with Crippen LogP contribution in [0.15, 0.2) is 42.5 Å². The molecule has 2 aliphatic carbocycles. The Morgan fingerprint density at radius 3 is 1.89 bits per heavy atom. The first-order valence-corrected chi connectivity index (χ1v) is 32.1. The fraction of sp³-hybridized carbons (Fsp3) is 0.646. The molecular weight excluding hydrogens is 1200 g/mol. The minimum Gasteiger partial charge on any atom is -0.351 e. The summed E-state index contributed by atoms with van der Waals surface area (Å²) in [6.07, 6.45) is 0.0106. The average molecular weight is 1300 g/mol. The highest BCUT2D eigenvalue weighted by atomic mass is 35.5. The number of alkyl halides is 3. The van der Waals surface area contributed by atoms with Crippen molar-refractivity contribution in [3.05, 3.63) is 69.7 Å². The van der Waals surface area contributed by atoms with Gasteiger partial charge in [-0.05, 0) is 114 Å². The number of rotatable bonds is 8. The molecule has 1 spiro atoms. The summed E-state index contributed by atoms with van der Waals surface area (Å²) < 4.78 is 41.4. The van der Waals surface area contributed by atoms with Gasteiger partial charge in [0.1, 0.15) is 47.8 Å². The SMILES string of the molecule is CC[C@H](C)[C@@H]1NC(=O)[C@H](C)N(C)C(=O)C[C@@H](C)NC(=O)[C@H](C2CCCC2)N(C)C(=O)C2(CCCC2)NC(=O)C2CCCN2C(=O)[C@H](CCc2ccc(C(F)(F)F)c(Cl)c2)NC(=O)[C@@H](C)N(C)C(=O)[C@H](Cc2cccc(C)c2)N(C)C(=O)CN(C)C(=O)CN(C)C1=O. The Hall–Kier alpha value is -7.31. The second-order valence-corrected chi connectivity index (χ2v) is 26.1. The number of benzene rings is 2. The maximum atomic E-state index is 15.2. The van der Waals surface area contributed by atoms with Gasteiger partial charge in [0, 0.05) is 67.7 Å². The molecule has 4 aliphatic rings. The number of nitrogens with zero attached hydrogens (tertiary/aromatic N) is 7. The Kier molecular flexibility index (Phi) is 25.1. The van der Waals surface area contributed by atoms with Crippen LogP contribution in [0.2, 0.25) is 5.02 Å². The largest absolute Gasteiger partial charge is 0.417 e. The molecule has 2 saturated heterocycles. The Bertz CT molecular complexity index is 3030. The van der Waals surface area contributed by atoms with Gasteiger partial charge in [0.25, 0.3) is 0 Å². The number of carbonyl (C=O) groups is 11. The van der Waals surface area contributed by atoms with Crippen molar-refractivity contribution in [3.63, 3.8) is 0 Å². The first-order valence-electron chi connectivity index (χ1n) is 31.7. The van der Waals surface area contributed by atoms with Crippen LogP contribution in [0.5, 0.6) is 0 Å². The molecule has 0 aromatic heterocycles. The monoisotopic (exact) mass is 1300 g/mol. The second kappa shape index (κ2) is 31.3. The minimum absolute atomic E-state index is 0.0461. The summed E-state index contributed by atoms with van der Waals surface area (Å²) in [4.78, 5) is 168. The molecule has 91 heavy (non-hydrogen) atoms. The van der Waals surface area contributed by atoms with Gasteiger partial charge >= 0.3 is 6.18 Å². The van der Waals surface area contributed by atoms with Gasteiger partial charge in [-0.25, -0.2) is 0 Å². The molecule has 1 unspecified atom stereocenters. The number of amides is 11. The summed E-state index contributed by atoms with van der Waals surface area (Å²) in [6.45, 7) is 8.93. The van der Waals surface area contributed by atoms with Crippen molar-refractivity contribution in [3.8, 4) is 0 Å². The molecule has 502 valence electrons. The van der Waals surface area contributed by atoms with E-state index in [0.29, 0.717) is 49.7 Å². The molecule has 2 aromatic rings. The molecule has 2 heterocycles. The summed E-state index contributed by atoms with van der Waals surface area (Å²) in [6, 6.07) is 1.10. The number of carbonyl (C=O) groups excluding carboxylic acids is 11. The topological polar surface area (TPSA) is 259 Å². The van der Waals surface area contributed by atoms with E-state index in [-0.39, 0.29) is 57.4 Å². The molecule has 11 amide bonds. The molecule has 4 fully saturated rings. The van der Waals surface area contributed by atoms with Gasteiger partial charge in [0.2, 0.25) is 65.0 Å². The summed E-state index contributed by atoms with van der Waals surface area (Å²) in [5.74, 6) is -7.76. The molecule has 26 heteroatoms. The average Bonchev–Trinajstić information content (AvgIpc) is 2.01. The Morgan fingerprint density at radius 2 is 1.27 bits per heavy atom. The van der Waals surface area contributed by atoms with Crippen LogP contribution in [-0.4, -0.2) is 215 Å². The van der Waals surface area contributed by atoms with Crippen molar-refractivity contribution in [2.45, 2.75) is 198 Å². The molecule has 2 saturated carbocycles. The fourth-order valence-electron chi connectivity index (χ4n) is 12.8. The Labute approximate surface area is 537 Å². The van der Waals surface area contributed by atoms with Crippen molar-refractivity contribution >= 4 is 76.6 Å². The molecular formula is C65H93ClF3N11O11. The molecule has 0 bridgehead atoms. The predicted molar refractivity (Wildman–Crippen MR) is 334 cm³/mol. The standard InChI is InChI=1S/C65H93ClF3N11O11/c1-13-39(3)54-62(90)75(8)36-52(82)74(7)37-53(83)78(11)50(35-44-21-18-20-38(2)32-44)61(89)77(10)42(6)56(84)71-48(28-26-43-25-27-46(47(66)34-43)65(67,68)69)60(88)80-31-19-24-49(80)58(86)73-64(29-16-17-30-64)63(91)79(12)55(45-22-14-15-23-45)59(87)70-40(4)33-51(81)76(9)41(5)57(85)72-54/h18,20-21,25,27,32,34,39-42,45,48-50,54-55H,13-17,19,22-24,26,28-31,33,35-37H2,1-12H3,(H,70,87)(H,71,84)(H,72,85)(H,73,86)/t39-,40+,41-,42+,48-,49?,50-,54-,55-/m0/s1. The van der Waals surface area contributed by atoms with Gasteiger partial charge in [-0.2, -0.15) is 13.2 Å². The van der Waals surface area contributed by atoms with Crippen LogP contribution in [0.25, 0.3) is 0 Å². The third-order valence-electron chi connectivity index (χ3n) is 19.1. The summed E-state index contributed by atoms with van der Waals surface area (Å²) >= 11 is 6.13. The minimum atomic E-state index is -4.75. The lowest BCUT2D eigenvalue weighted by molar-refractivity contribution is -0.150. The van der Waals surface area contributed by atoms with E-state index in [1.165, 1.54) is 81.8 Å². The fourth-order valence-corrected chi connectivity index (χ4v) is 13.2. The van der Waals surface area contributed by atoms with Crippen LogP contribution in [0.3, 0.4) is 0 Å². The third-order valence-corrected chi connectivity index (χ3v) is 19.4. The van der Waals surface area contributed by atoms with E-state index in [4.69, 9.17) is 11.6 Å². The first-order chi connectivity index (χ1) is 42.7. The van der Waals surface area contributed by atoms with Crippen LogP contribution in [0.4, 0.5) is 13.2 Å². The lowest BCUT2D eigenvalue weighted by atomic mass is 9.90. The van der Waals surface area contributed by atoms with E-state index < -0.39 is 155 Å². The van der Waals surface area contributed by atoms with Crippen molar-refractivity contribution in [1.29, 1.82) is 0 Å². The summed E-state index contributed by atoms with van der Waals surface area (Å²) in [7, 11) is 8.42. The Balaban J connectivity index is 1.38. The summed E-state index contributed by atoms with van der Waals surface area (Å²) in [5, 5.41) is 11.0. The van der Waals surface area contributed by atoms with E-state index in [1.807, 2.05) is 26.0 Å². The van der Waals surface area contributed by atoms with Crippen LogP contribution < -0.4 is 21.3 Å². The molecule has 2 aliphatic heterocycles. The molecule has 2 aromatic carbocycles. The molecule has 22 nitrogen and oxygen atoms in total. The van der Waals surface area contributed by atoms with Crippen LogP contribution in [-0.2, 0) is 71.8 Å². The number of fused-ring (bicyclic) bond motifs is 1. The lowest BCUT2D eigenvalue weighted by Gasteiger charge is -2.40. The number of aryl methyl sites for hydroxylation is 2. The van der Waals surface area contributed by atoms with Gasteiger partial charge in [-0.1, -0.05) is 93.4 Å². The van der Waals surface area contributed by atoms with E-state index >= 15 is 9.59 Å². The maximum Gasteiger partial charge on any atom is 0.417 e. The van der Waals surface area contributed by atoms with Crippen molar-refractivity contribution in [1.82, 2.24) is 55.6 Å². The lowest BCUT2D eigenvalue weighted by Crippen LogP contribution is -2.64.